The van der Waals surface area contributed by atoms with Crippen molar-refractivity contribution in [2.75, 3.05) is 26.2 Å². The fourth-order valence-corrected chi connectivity index (χ4v) is 3.94. The Morgan fingerprint density at radius 3 is 2.58 bits per heavy atom. The lowest BCUT2D eigenvalue weighted by atomic mass is 10.1. The number of likely N-dealkylation sites (tertiary alicyclic amines) is 1. The lowest BCUT2D eigenvalue weighted by Crippen LogP contribution is -2.33. The molecule has 6 nitrogen and oxygen atoms in total. The summed E-state index contributed by atoms with van der Waals surface area (Å²) in [6, 6.07) is 11.5. The largest absolute Gasteiger partial charge is 0.507 e. The Morgan fingerprint density at radius 2 is 1.81 bits per heavy atom. The maximum atomic E-state index is 10.7. The first-order valence-electron chi connectivity index (χ1n) is 11.0. The van der Waals surface area contributed by atoms with Crippen LogP contribution in [0.25, 0.3) is 11.3 Å². The fourth-order valence-electron chi connectivity index (χ4n) is 3.94. The zero-order chi connectivity index (χ0) is 21.8. The number of nitrogens with zero attached hydrogens (tertiary/aromatic N) is 3. The summed E-state index contributed by atoms with van der Waals surface area (Å²) in [5, 5.41) is 15.2. The summed E-state index contributed by atoms with van der Waals surface area (Å²) in [5.41, 5.74) is 3.38. The van der Waals surface area contributed by atoms with Crippen molar-refractivity contribution in [3.05, 3.63) is 53.7 Å². The van der Waals surface area contributed by atoms with Crippen LogP contribution in [0.2, 0.25) is 0 Å². The highest BCUT2D eigenvalue weighted by Gasteiger charge is 2.18. The SMILES string of the molecule is Cc1ccc(C)c(Oc2cn(C)nc2-c2ccc(OCCN3CCCCC3)cc2O)c1. The molecule has 3 aromatic rings. The summed E-state index contributed by atoms with van der Waals surface area (Å²) in [4.78, 5) is 2.43. The van der Waals surface area contributed by atoms with E-state index in [1.165, 1.54) is 19.3 Å². The number of hydrogen-bond donors (Lipinski definition) is 1. The summed E-state index contributed by atoms with van der Waals surface area (Å²) in [6.45, 7) is 7.87. The molecule has 0 spiro atoms. The molecule has 6 heteroatoms. The van der Waals surface area contributed by atoms with Gasteiger partial charge in [0.2, 0.25) is 0 Å². The summed E-state index contributed by atoms with van der Waals surface area (Å²) in [5.74, 6) is 2.17. The third-order valence-corrected chi connectivity index (χ3v) is 5.71. The Balaban J connectivity index is 1.48. The minimum Gasteiger partial charge on any atom is -0.507 e. The predicted molar refractivity (Wildman–Crippen MR) is 122 cm³/mol. The monoisotopic (exact) mass is 421 g/mol. The molecule has 2 aromatic carbocycles. The van der Waals surface area contributed by atoms with Crippen LogP contribution in [0.4, 0.5) is 0 Å². The molecule has 0 unspecified atom stereocenters. The molecule has 0 amide bonds. The van der Waals surface area contributed by atoms with Crippen LogP contribution in [0.5, 0.6) is 23.0 Å². The third kappa shape index (κ3) is 5.20. The highest BCUT2D eigenvalue weighted by Crippen LogP contribution is 2.39. The van der Waals surface area contributed by atoms with Crippen LogP contribution in [-0.4, -0.2) is 46.0 Å². The van der Waals surface area contributed by atoms with Gasteiger partial charge in [-0.3, -0.25) is 9.58 Å². The summed E-state index contributed by atoms with van der Waals surface area (Å²) in [6.07, 6.45) is 5.69. The number of piperidine rings is 1. The lowest BCUT2D eigenvalue weighted by molar-refractivity contribution is 0.183. The average molecular weight is 422 g/mol. The molecule has 0 bridgehead atoms. The lowest BCUT2D eigenvalue weighted by Gasteiger charge is -2.26. The second kappa shape index (κ2) is 9.43. The minimum atomic E-state index is 0.125. The fraction of sp³-hybridized carbons (Fsp3) is 0.400. The van der Waals surface area contributed by atoms with Crippen molar-refractivity contribution in [1.29, 1.82) is 0 Å². The van der Waals surface area contributed by atoms with Gasteiger partial charge in [0.1, 0.15) is 29.5 Å². The number of benzene rings is 2. The molecule has 4 rings (SSSR count). The smallest absolute Gasteiger partial charge is 0.173 e. The molecule has 1 aliphatic rings. The van der Waals surface area contributed by atoms with Crippen molar-refractivity contribution in [2.24, 2.45) is 7.05 Å². The van der Waals surface area contributed by atoms with Crippen LogP contribution >= 0.6 is 0 Å². The van der Waals surface area contributed by atoms with Crippen molar-refractivity contribution in [3.8, 4) is 34.3 Å². The van der Waals surface area contributed by atoms with Gasteiger partial charge in [-0.05, 0) is 69.1 Å². The molecule has 2 heterocycles. The van der Waals surface area contributed by atoms with Crippen LogP contribution in [0.1, 0.15) is 30.4 Å². The van der Waals surface area contributed by atoms with Crippen molar-refractivity contribution >= 4 is 0 Å². The van der Waals surface area contributed by atoms with Gasteiger partial charge in [-0.2, -0.15) is 5.10 Å². The van der Waals surface area contributed by atoms with E-state index in [0.29, 0.717) is 29.4 Å². The highest BCUT2D eigenvalue weighted by molar-refractivity contribution is 5.73. The molecule has 0 aliphatic carbocycles. The van der Waals surface area contributed by atoms with E-state index in [0.717, 1.165) is 36.5 Å². The number of aromatic nitrogens is 2. The van der Waals surface area contributed by atoms with Gasteiger partial charge < -0.3 is 14.6 Å². The number of aryl methyl sites for hydroxylation is 3. The molecule has 1 N–H and O–H groups in total. The Bertz CT molecular complexity index is 1040. The van der Waals surface area contributed by atoms with Crippen molar-refractivity contribution in [2.45, 2.75) is 33.1 Å². The highest BCUT2D eigenvalue weighted by atomic mass is 16.5. The van der Waals surface area contributed by atoms with Gasteiger partial charge >= 0.3 is 0 Å². The normalized spacial score (nSPS) is 14.5. The number of ether oxygens (including phenoxy) is 2. The predicted octanol–water partition coefficient (Wildman–Crippen LogP) is 5.07. The molecule has 1 saturated heterocycles. The van der Waals surface area contributed by atoms with Gasteiger partial charge in [-0.1, -0.05) is 18.6 Å². The molecule has 1 aliphatic heterocycles. The van der Waals surface area contributed by atoms with Gasteiger partial charge in [0.25, 0.3) is 0 Å². The van der Waals surface area contributed by atoms with E-state index in [4.69, 9.17) is 9.47 Å². The summed E-state index contributed by atoms with van der Waals surface area (Å²) < 4.78 is 13.8. The van der Waals surface area contributed by atoms with Gasteiger partial charge in [-0.15, -0.1) is 0 Å². The Kier molecular flexibility index (Phi) is 6.47. The van der Waals surface area contributed by atoms with Crippen LogP contribution in [0, 0.1) is 13.8 Å². The van der Waals surface area contributed by atoms with E-state index in [-0.39, 0.29) is 5.75 Å². The van der Waals surface area contributed by atoms with Crippen molar-refractivity contribution in [1.82, 2.24) is 14.7 Å². The number of hydrogen-bond acceptors (Lipinski definition) is 5. The first-order chi connectivity index (χ1) is 15.0. The first-order valence-corrected chi connectivity index (χ1v) is 11.0. The maximum Gasteiger partial charge on any atom is 0.173 e. The molecule has 1 aromatic heterocycles. The average Bonchev–Trinajstić information content (AvgIpc) is 3.11. The maximum absolute atomic E-state index is 10.7. The Morgan fingerprint density at radius 1 is 1.00 bits per heavy atom. The molecular weight excluding hydrogens is 390 g/mol. The van der Waals surface area contributed by atoms with Gasteiger partial charge in [0, 0.05) is 25.2 Å². The standard InChI is InChI=1S/C25H31N3O3/c1-18-7-8-19(2)23(15-18)31-24-17-27(3)26-25(24)21-10-9-20(16-22(21)29)30-14-13-28-11-5-4-6-12-28/h7-10,15-17,29H,4-6,11-14H2,1-3H3. The van der Waals surface area contributed by atoms with Crippen LogP contribution in [0.3, 0.4) is 0 Å². The molecule has 1 fully saturated rings. The zero-order valence-corrected chi connectivity index (χ0v) is 18.6. The summed E-state index contributed by atoms with van der Waals surface area (Å²) >= 11 is 0. The quantitative estimate of drug-likeness (QED) is 0.577. The summed E-state index contributed by atoms with van der Waals surface area (Å²) in [7, 11) is 1.84. The zero-order valence-electron chi connectivity index (χ0n) is 18.6. The van der Waals surface area contributed by atoms with Gasteiger partial charge in [0.15, 0.2) is 5.75 Å². The molecule has 0 radical (unpaired) electrons. The topological polar surface area (TPSA) is 59.8 Å². The van der Waals surface area contributed by atoms with Gasteiger partial charge in [-0.25, -0.2) is 0 Å². The van der Waals surface area contributed by atoms with Crippen LogP contribution in [-0.2, 0) is 7.05 Å². The second-order valence-electron chi connectivity index (χ2n) is 8.32. The molecule has 164 valence electrons. The van der Waals surface area contributed by atoms with E-state index < -0.39 is 0 Å². The Hall–Kier alpha value is -2.99. The number of aromatic hydroxyl groups is 1. The molecule has 0 saturated carbocycles. The molecular formula is C25H31N3O3. The number of phenols is 1. The number of rotatable bonds is 7. The van der Waals surface area contributed by atoms with Crippen LogP contribution in [0.15, 0.2) is 42.6 Å². The second-order valence-corrected chi connectivity index (χ2v) is 8.32. The number of phenolic OH excluding ortho intramolecular Hbond substituents is 1. The van der Waals surface area contributed by atoms with Crippen LogP contribution < -0.4 is 9.47 Å². The van der Waals surface area contributed by atoms with E-state index in [9.17, 15) is 5.11 Å². The van der Waals surface area contributed by atoms with E-state index in [2.05, 4.69) is 16.1 Å². The minimum absolute atomic E-state index is 0.125. The molecule has 0 atom stereocenters. The Labute approximate surface area is 184 Å². The van der Waals surface area contributed by atoms with Gasteiger partial charge in [0.05, 0.1) is 6.20 Å². The van der Waals surface area contributed by atoms with E-state index in [1.54, 1.807) is 10.7 Å². The van der Waals surface area contributed by atoms with Crippen molar-refractivity contribution < 1.29 is 14.6 Å². The van der Waals surface area contributed by atoms with E-state index in [1.807, 2.05) is 51.4 Å². The first kappa shape index (κ1) is 21.2. The van der Waals surface area contributed by atoms with E-state index >= 15 is 0 Å². The third-order valence-electron chi connectivity index (χ3n) is 5.71. The molecule has 31 heavy (non-hydrogen) atoms. The van der Waals surface area contributed by atoms with Crippen molar-refractivity contribution in [3.63, 3.8) is 0 Å².